The summed E-state index contributed by atoms with van der Waals surface area (Å²) in [6.45, 7) is 12.8. The molecule has 21 heavy (non-hydrogen) atoms. The molecule has 1 atom stereocenters. The fourth-order valence-corrected chi connectivity index (χ4v) is 2.36. The van der Waals surface area contributed by atoms with Gasteiger partial charge >= 0.3 is 0 Å². The van der Waals surface area contributed by atoms with Gasteiger partial charge in [-0.3, -0.25) is 9.89 Å². The molecule has 1 unspecified atom stereocenters. The van der Waals surface area contributed by atoms with E-state index in [4.69, 9.17) is 10.2 Å². The molecule has 0 spiro atoms. The predicted molar refractivity (Wildman–Crippen MR) is 99.2 cm³/mol. The Balaban J connectivity index is 0.00000400. The van der Waals surface area contributed by atoms with Crippen LogP contribution in [0, 0.1) is 0 Å². The molecule has 0 aliphatic carbocycles. The van der Waals surface area contributed by atoms with Crippen LogP contribution >= 0.6 is 24.0 Å². The predicted octanol–water partition coefficient (Wildman–Crippen LogP) is 2.94. The summed E-state index contributed by atoms with van der Waals surface area (Å²) in [6.07, 6.45) is 1.71. The standard InChI is InChI=1S/C15H28N4O.HI/c1-5-18(6-2)13(14-10-9-11-20-14)12-17-15(16)19(7-3)8-4;/h9-11,13H,5-8,12H2,1-4H3,(H2,16,17);1H. The molecule has 1 aromatic heterocycles. The van der Waals surface area contributed by atoms with Gasteiger partial charge in [0.2, 0.25) is 0 Å². The minimum absolute atomic E-state index is 0. The van der Waals surface area contributed by atoms with Gasteiger partial charge in [0.15, 0.2) is 5.96 Å². The summed E-state index contributed by atoms with van der Waals surface area (Å²) in [4.78, 5) is 8.95. The van der Waals surface area contributed by atoms with E-state index < -0.39 is 0 Å². The first-order chi connectivity index (χ1) is 9.67. The zero-order chi connectivity index (χ0) is 15.0. The van der Waals surface area contributed by atoms with Gasteiger partial charge in [0.25, 0.3) is 0 Å². The number of nitrogens with two attached hydrogens (primary N) is 1. The first-order valence-electron chi connectivity index (χ1n) is 7.50. The summed E-state index contributed by atoms with van der Waals surface area (Å²) in [6, 6.07) is 4.07. The number of hydrogen-bond acceptors (Lipinski definition) is 3. The van der Waals surface area contributed by atoms with Gasteiger partial charge < -0.3 is 15.1 Å². The highest BCUT2D eigenvalue weighted by Crippen LogP contribution is 2.21. The van der Waals surface area contributed by atoms with Gasteiger partial charge in [-0.05, 0) is 39.1 Å². The Hall–Kier alpha value is -0.760. The highest BCUT2D eigenvalue weighted by atomic mass is 127. The molecular weight excluding hydrogens is 379 g/mol. The van der Waals surface area contributed by atoms with Gasteiger partial charge in [-0.1, -0.05) is 13.8 Å². The van der Waals surface area contributed by atoms with Crippen molar-refractivity contribution in [1.82, 2.24) is 9.80 Å². The molecule has 0 saturated carbocycles. The van der Waals surface area contributed by atoms with Crippen molar-refractivity contribution in [3.8, 4) is 0 Å². The van der Waals surface area contributed by atoms with Crippen LogP contribution in [0.15, 0.2) is 27.8 Å². The van der Waals surface area contributed by atoms with Gasteiger partial charge in [-0.2, -0.15) is 0 Å². The molecule has 0 radical (unpaired) electrons. The number of likely N-dealkylation sites (N-methyl/N-ethyl adjacent to an activating group) is 1. The molecule has 5 nitrogen and oxygen atoms in total. The molecular formula is C15H29IN4O. The molecule has 0 amide bonds. The van der Waals surface area contributed by atoms with Crippen LogP contribution in [-0.2, 0) is 0 Å². The minimum atomic E-state index is 0. The van der Waals surface area contributed by atoms with Crippen LogP contribution in [-0.4, -0.2) is 48.5 Å². The van der Waals surface area contributed by atoms with E-state index in [1.54, 1.807) is 6.26 Å². The van der Waals surface area contributed by atoms with E-state index in [0.717, 1.165) is 31.9 Å². The van der Waals surface area contributed by atoms with E-state index in [9.17, 15) is 0 Å². The molecule has 0 aliphatic rings. The summed E-state index contributed by atoms with van der Waals surface area (Å²) in [5.41, 5.74) is 6.05. The number of nitrogens with zero attached hydrogens (tertiary/aromatic N) is 3. The third kappa shape index (κ3) is 5.86. The van der Waals surface area contributed by atoms with Gasteiger partial charge in [-0.15, -0.1) is 24.0 Å². The number of guanidine groups is 1. The number of furan rings is 1. The molecule has 0 bridgehead atoms. The average Bonchev–Trinajstić information content (AvgIpc) is 2.98. The molecule has 0 aliphatic heterocycles. The SMILES string of the molecule is CCN(CC)C(N)=NCC(c1ccco1)N(CC)CC.I. The lowest BCUT2D eigenvalue weighted by Crippen LogP contribution is -2.38. The largest absolute Gasteiger partial charge is 0.468 e. The fraction of sp³-hybridized carbons (Fsp3) is 0.667. The van der Waals surface area contributed by atoms with Crippen LogP contribution in [0.4, 0.5) is 0 Å². The Morgan fingerprint density at radius 3 is 2.24 bits per heavy atom. The fourth-order valence-electron chi connectivity index (χ4n) is 2.36. The van der Waals surface area contributed by atoms with Crippen LogP contribution in [0.1, 0.15) is 39.5 Å². The van der Waals surface area contributed by atoms with Crippen LogP contribution in [0.25, 0.3) is 0 Å². The topological polar surface area (TPSA) is 58.0 Å². The van der Waals surface area contributed by atoms with Crippen molar-refractivity contribution in [2.75, 3.05) is 32.7 Å². The van der Waals surface area contributed by atoms with E-state index in [0.29, 0.717) is 12.5 Å². The molecule has 1 aromatic rings. The minimum Gasteiger partial charge on any atom is -0.468 e. The van der Waals surface area contributed by atoms with E-state index >= 15 is 0 Å². The quantitative estimate of drug-likeness (QED) is 0.408. The van der Waals surface area contributed by atoms with Crippen molar-refractivity contribution in [2.24, 2.45) is 10.7 Å². The van der Waals surface area contributed by atoms with Crippen LogP contribution < -0.4 is 5.73 Å². The van der Waals surface area contributed by atoms with Gasteiger partial charge in [0.05, 0.1) is 18.8 Å². The summed E-state index contributed by atoms with van der Waals surface area (Å²) in [7, 11) is 0. The third-order valence-corrected chi connectivity index (χ3v) is 3.64. The lowest BCUT2D eigenvalue weighted by atomic mass is 10.2. The maximum Gasteiger partial charge on any atom is 0.191 e. The summed E-state index contributed by atoms with van der Waals surface area (Å²) in [5.74, 6) is 1.56. The second-order valence-electron chi connectivity index (χ2n) is 4.62. The van der Waals surface area contributed by atoms with E-state index in [2.05, 4.69) is 42.5 Å². The lowest BCUT2D eigenvalue weighted by molar-refractivity contribution is 0.198. The Bertz CT molecular complexity index is 386. The van der Waals surface area contributed by atoms with Crippen LogP contribution in [0.5, 0.6) is 0 Å². The monoisotopic (exact) mass is 408 g/mol. The molecule has 2 N–H and O–H groups in total. The molecule has 0 saturated heterocycles. The van der Waals surface area contributed by atoms with Crippen molar-refractivity contribution >= 4 is 29.9 Å². The van der Waals surface area contributed by atoms with E-state index in [-0.39, 0.29) is 30.0 Å². The van der Waals surface area contributed by atoms with Crippen LogP contribution in [0.3, 0.4) is 0 Å². The van der Waals surface area contributed by atoms with Crippen molar-refractivity contribution < 1.29 is 4.42 Å². The maximum absolute atomic E-state index is 6.05. The first kappa shape index (κ1) is 20.2. The summed E-state index contributed by atoms with van der Waals surface area (Å²) >= 11 is 0. The number of halogens is 1. The smallest absolute Gasteiger partial charge is 0.191 e. The van der Waals surface area contributed by atoms with E-state index in [1.165, 1.54) is 0 Å². The molecule has 122 valence electrons. The normalized spacial score (nSPS) is 13.1. The van der Waals surface area contributed by atoms with Gasteiger partial charge in [0, 0.05) is 13.1 Å². The molecule has 1 heterocycles. The molecule has 1 rings (SSSR count). The molecule has 6 heteroatoms. The summed E-state index contributed by atoms with van der Waals surface area (Å²) < 4.78 is 5.56. The zero-order valence-electron chi connectivity index (χ0n) is 13.6. The number of rotatable bonds is 8. The average molecular weight is 408 g/mol. The third-order valence-electron chi connectivity index (χ3n) is 3.64. The Morgan fingerprint density at radius 1 is 1.19 bits per heavy atom. The van der Waals surface area contributed by atoms with Crippen molar-refractivity contribution in [3.63, 3.8) is 0 Å². The Labute approximate surface area is 145 Å². The molecule has 0 aromatic carbocycles. The van der Waals surface area contributed by atoms with Gasteiger partial charge in [0.1, 0.15) is 5.76 Å². The maximum atomic E-state index is 6.05. The zero-order valence-corrected chi connectivity index (χ0v) is 15.9. The first-order valence-corrected chi connectivity index (χ1v) is 7.50. The number of aliphatic imine (C=N–C) groups is 1. The van der Waals surface area contributed by atoms with Crippen molar-refractivity contribution in [2.45, 2.75) is 33.7 Å². The Kier molecular flexibility index (Phi) is 10.5. The van der Waals surface area contributed by atoms with Crippen molar-refractivity contribution in [1.29, 1.82) is 0 Å². The second-order valence-corrected chi connectivity index (χ2v) is 4.62. The lowest BCUT2D eigenvalue weighted by Gasteiger charge is -2.27. The van der Waals surface area contributed by atoms with Crippen molar-refractivity contribution in [3.05, 3.63) is 24.2 Å². The Morgan fingerprint density at radius 2 is 1.81 bits per heavy atom. The van der Waals surface area contributed by atoms with E-state index in [1.807, 2.05) is 12.1 Å². The highest BCUT2D eigenvalue weighted by molar-refractivity contribution is 14.0. The highest BCUT2D eigenvalue weighted by Gasteiger charge is 2.20. The number of hydrogen-bond donors (Lipinski definition) is 1. The summed E-state index contributed by atoms with van der Waals surface area (Å²) in [5, 5.41) is 0. The second kappa shape index (κ2) is 10.9. The van der Waals surface area contributed by atoms with Gasteiger partial charge in [-0.25, -0.2) is 0 Å². The van der Waals surface area contributed by atoms with Crippen LogP contribution in [0.2, 0.25) is 0 Å². The molecule has 0 fully saturated rings.